The van der Waals surface area contributed by atoms with Crippen LogP contribution >= 0.6 is 15.9 Å². The number of aromatic amines is 2. The Bertz CT molecular complexity index is 1440. The third kappa shape index (κ3) is 6.22. The summed E-state index contributed by atoms with van der Waals surface area (Å²) in [5.74, 6) is -0.0276. The van der Waals surface area contributed by atoms with Crippen molar-refractivity contribution in [3.8, 4) is 5.75 Å². The highest BCUT2D eigenvalue weighted by Crippen LogP contribution is 2.23. The van der Waals surface area contributed by atoms with Gasteiger partial charge >= 0.3 is 0 Å². The Hall–Kier alpha value is -3.70. The highest BCUT2D eigenvalue weighted by molar-refractivity contribution is 9.10. The molecule has 1 aliphatic rings. The van der Waals surface area contributed by atoms with E-state index in [0.29, 0.717) is 17.8 Å². The number of carbonyl (C=O) groups is 2. The van der Waals surface area contributed by atoms with E-state index in [4.69, 9.17) is 4.74 Å². The molecular weight excluding hydrogens is 550 g/mol. The summed E-state index contributed by atoms with van der Waals surface area (Å²) in [4.78, 5) is 42.7. The van der Waals surface area contributed by atoms with E-state index in [9.17, 15) is 9.59 Å². The van der Waals surface area contributed by atoms with Crippen LogP contribution in [0.4, 0.5) is 11.6 Å². The number of anilines is 2. The number of carbonyl (C=O) groups excluding carboxylic acids is 2. The zero-order valence-corrected chi connectivity index (χ0v) is 22.7. The molecule has 1 aliphatic heterocycles. The molecule has 0 atom stereocenters. The third-order valence-corrected chi connectivity index (χ3v) is 7.04. The first kappa shape index (κ1) is 25.9. The molecule has 11 heteroatoms. The number of ether oxygens (including phenoxy) is 1. The number of aromatic nitrogens is 4. The Labute approximate surface area is 228 Å². The van der Waals surface area contributed by atoms with Gasteiger partial charge in [-0.2, -0.15) is 0 Å². The Morgan fingerprint density at radius 2 is 1.92 bits per heavy atom. The molecule has 198 valence electrons. The van der Waals surface area contributed by atoms with Crippen LogP contribution in [0.3, 0.4) is 0 Å². The number of aryl methyl sites for hydroxylation is 1. The molecule has 0 radical (unpaired) electrons. The molecule has 0 saturated carbocycles. The molecule has 2 amide bonds. The van der Waals surface area contributed by atoms with E-state index in [2.05, 4.69) is 51.4 Å². The number of rotatable bonds is 9. The lowest BCUT2D eigenvalue weighted by Gasteiger charge is -2.26. The van der Waals surface area contributed by atoms with E-state index in [1.165, 1.54) is 38.7 Å². The lowest BCUT2D eigenvalue weighted by Crippen LogP contribution is -2.31. The standard InChI is InChI=1S/C27H30BrN7O3/c1-17-6-7-18(28)14-21(17)31-25(36)23-24(30-16-29-23)26(37)34-27-32-20-9-8-19(15-22(20)33-27)38-13-5-12-35-10-3-2-4-11-35/h6-9,14-16H,2-5,10-13H2,1H3,(H,29,30)(H,31,36)(H2,32,33,34,37). The quantitative estimate of drug-likeness (QED) is 0.204. The molecule has 1 saturated heterocycles. The summed E-state index contributed by atoms with van der Waals surface area (Å²) in [6, 6.07) is 11.1. The number of halogens is 1. The molecular formula is C27H30BrN7O3. The topological polar surface area (TPSA) is 128 Å². The van der Waals surface area contributed by atoms with Crippen molar-refractivity contribution in [2.45, 2.75) is 32.6 Å². The fourth-order valence-corrected chi connectivity index (χ4v) is 4.88. The van der Waals surface area contributed by atoms with Crippen LogP contribution in [-0.2, 0) is 0 Å². The molecule has 5 rings (SSSR count). The number of amides is 2. The number of fused-ring (bicyclic) bond motifs is 1. The Morgan fingerprint density at radius 3 is 2.76 bits per heavy atom. The predicted molar refractivity (Wildman–Crippen MR) is 150 cm³/mol. The average molecular weight is 580 g/mol. The minimum atomic E-state index is -0.535. The average Bonchev–Trinajstić information content (AvgIpc) is 3.56. The van der Waals surface area contributed by atoms with Gasteiger partial charge in [-0.25, -0.2) is 9.97 Å². The van der Waals surface area contributed by atoms with Crippen LogP contribution in [0.1, 0.15) is 52.2 Å². The number of nitrogens with zero attached hydrogens (tertiary/aromatic N) is 3. The van der Waals surface area contributed by atoms with E-state index in [1.54, 1.807) is 6.07 Å². The maximum absolute atomic E-state index is 13.0. The summed E-state index contributed by atoms with van der Waals surface area (Å²) < 4.78 is 6.77. The molecule has 4 N–H and O–H groups in total. The highest BCUT2D eigenvalue weighted by atomic mass is 79.9. The van der Waals surface area contributed by atoms with Crippen molar-refractivity contribution in [1.82, 2.24) is 24.8 Å². The van der Waals surface area contributed by atoms with Crippen LogP contribution in [-0.4, -0.2) is 62.9 Å². The number of hydrogen-bond donors (Lipinski definition) is 4. The van der Waals surface area contributed by atoms with Crippen molar-refractivity contribution in [3.63, 3.8) is 0 Å². The van der Waals surface area contributed by atoms with Gasteiger partial charge in [-0.15, -0.1) is 0 Å². The molecule has 0 unspecified atom stereocenters. The first-order valence-electron chi connectivity index (χ1n) is 12.7. The number of piperidine rings is 1. The van der Waals surface area contributed by atoms with Crippen LogP contribution in [0.25, 0.3) is 11.0 Å². The molecule has 10 nitrogen and oxygen atoms in total. The van der Waals surface area contributed by atoms with Gasteiger partial charge in [0.15, 0.2) is 5.69 Å². The second kappa shape index (κ2) is 11.8. The molecule has 0 aliphatic carbocycles. The minimum Gasteiger partial charge on any atom is -0.493 e. The largest absolute Gasteiger partial charge is 0.493 e. The van der Waals surface area contributed by atoms with E-state index in [0.717, 1.165) is 34.3 Å². The highest BCUT2D eigenvalue weighted by Gasteiger charge is 2.22. The molecule has 1 fully saturated rings. The van der Waals surface area contributed by atoms with Crippen molar-refractivity contribution in [2.24, 2.45) is 0 Å². The lowest BCUT2D eigenvalue weighted by atomic mass is 10.1. The van der Waals surface area contributed by atoms with Gasteiger partial charge in [0.2, 0.25) is 5.95 Å². The second-order valence-electron chi connectivity index (χ2n) is 9.36. The zero-order valence-electron chi connectivity index (χ0n) is 21.1. The van der Waals surface area contributed by atoms with Crippen LogP contribution in [0.15, 0.2) is 47.2 Å². The number of likely N-dealkylation sites (tertiary alicyclic amines) is 1. The minimum absolute atomic E-state index is 0.0155. The van der Waals surface area contributed by atoms with Gasteiger partial charge in [0.1, 0.15) is 11.4 Å². The number of nitrogens with one attached hydrogen (secondary N) is 4. The second-order valence-corrected chi connectivity index (χ2v) is 10.3. The van der Waals surface area contributed by atoms with Gasteiger partial charge in [0.25, 0.3) is 11.8 Å². The smallest absolute Gasteiger partial charge is 0.276 e. The van der Waals surface area contributed by atoms with Crippen molar-refractivity contribution in [3.05, 3.63) is 64.1 Å². The maximum Gasteiger partial charge on any atom is 0.276 e. The maximum atomic E-state index is 13.0. The molecule has 4 aromatic rings. The molecule has 2 aromatic heterocycles. The third-order valence-electron chi connectivity index (χ3n) is 6.55. The van der Waals surface area contributed by atoms with E-state index in [-0.39, 0.29) is 17.3 Å². The van der Waals surface area contributed by atoms with Gasteiger partial charge in [-0.05, 0) is 69.1 Å². The molecule has 2 aromatic carbocycles. The zero-order chi connectivity index (χ0) is 26.5. The van der Waals surface area contributed by atoms with Crippen LogP contribution in [0.5, 0.6) is 5.75 Å². The van der Waals surface area contributed by atoms with Gasteiger partial charge < -0.3 is 24.9 Å². The Balaban J connectivity index is 1.19. The molecule has 38 heavy (non-hydrogen) atoms. The summed E-state index contributed by atoms with van der Waals surface area (Å²) in [6.07, 6.45) is 6.20. The predicted octanol–water partition coefficient (Wildman–Crippen LogP) is 5.12. The van der Waals surface area contributed by atoms with Gasteiger partial charge in [0, 0.05) is 22.8 Å². The van der Waals surface area contributed by atoms with E-state index in [1.807, 2.05) is 37.3 Å². The number of H-pyrrole nitrogens is 2. The summed E-state index contributed by atoms with van der Waals surface area (Å²) in [5.41, 5.74) is 2.96. The van der Waals surface area contributed by atoms with Gasteiger partial charge in [0.05, 0.1) is 24.0 Å². The first-order chi connectivity index (χ1) is 18.5. The number of benzene rings is 2. The monoisotopic (exact) mass is 579 g/mol. The SMILES string of the molecule is Cc1ccc(Br)cc1NC(=O)c1nc[nH]c1C(=O)Nc1nc2ccc(OCCCN3CCCCC3)cc2[nH]1. The summed E-state index contributed by atoms with van der Waals surface area (Å²) in [5, 5.41) is 5.52. The number of imidazole rings is 2. The van der Waals surface area contributed by atoms with Crippen molar-refractivity contribution >= 4 is 50.4 Å². The first-order valence-corrected chi connectivity index (χ1v) is 13.5. The van der Waals surface area contributed by atoms with Gasteiger partial charge in [-0.3, -0.25) is 14.9 Å². The lowest BCUT2D eigenvalue weighted by molar-refractivity contribution is 0.0985. The normalized spacial score (nSPS) is 13.9. The Kier molecular flexibility index (Phi) is 8.04. The van der Waals surface area contributed by atoms with Crippen LogP contribution in [0.2, 0.25) is 0 Å². The number of hydrogen-bond acceptors (Lipinski definition) is 6. The van der Waals surface area contributed by atoms with Gasteiger partial charge in [-0.1, -0.05) is 28.4 Å². The fourth-order valence-electron chi connectivity index (χ4n) is 4.52. The molecule has 0 spiro atoms. The molecule has 3 heterocycles. The summed E-state index contributed by atoms with van der Waals surface area (Å²) >= 11 is 3.40. The fraction of sp³-hybridized carbons (Fsp3) is 0.333. The van der Waals surface area contributed by atoms with Crippen LogP contribution < -0.4 is 15.4 Å². The Morgan fingerprint density at radius 1 is 1.08 bits per heavy atom. The molecule has 0 bridgehead atoms. The van der Waals surface area contributed by atoms with Crippen LogP contribution in [0, 0.1) is 6.92 Å². The summed E-state index contributed by atoms with van der Waals surface area (Å²) in [6.45, 7) is 5.95. The van der Waals surface area contributed by atoms with Crippen molar-refractivity contribution in [1.29, 1.82) is 0 Å². The van der Waals surface area contributed by atoms with E-state index >= 15 is 0 Å². The van der Waals surface area contributed by atoms with E-state index < -0.39 is 11.8 Å². The summed E-state index contributed by atoms with van der Waals surface area (Å²) in [7, 11) is 0. The van der Waals surface area contributed by atoms with Crippen molar-refractivity contribution in [2.75, 3.05) is 36.9 Å². The van der Waals surface area contributed by atoms with Crippen molar-refractivity contribution < 1.29 is 14.3 Å².